The number of rotatable bonds is 12. The van der Waals surface area contributed by atoms with E-state index in [9.17, 15) is 24.0 Å². The lowest BCUT2D eigenvalue weighted by Gasteiger charge is -2.41. The average molecular weight is 665 g/mol. The molecule has 0 spiro atoms. The summed E-state index contributed by atoms with van der Waals surface area (Å²) >= 11 is 3.76. The number of carbonyl (C=O) groups excluding carboxylic acids is 5. The summed E-state index contributed by atoms with van der Waals surface area (Å²) in [7, 11) is 0. The SMILES string of the molecule is CCCCOC(=O)NC(CCCCN1C(=O)C2C3(C)C(=O)C(C)(C(c4ccccc4)=C3c3ccccc3)C2(Br)C1=O)C(N)=O. The van der Waals surface area contributed by atoms with Gasteiger partial charge in [-0.25, -0.2) is 4.79 Å². The molecular weight excluding hydrogens is 626 g/mol. The number of carbonyl (C=O) groups is 5. The average Bonchev–Trinajstić information content (AvgIpc) is 3.39. The number of fused-ring (bicyclic) bond motifs is 5. The number of amides is 4. The monoisotopic (exact) mass is 663 g/mol. The lowest BCUT2D eigenvalue weighted by Crippen LogP contribution is -2.50. The maximum atomic E-state index is 14.5. The molecule has 0 aromatic heterocycles. The molecule has 2 aromatic rings. The van der Waals surface area contributed by atoms with Crippen LogP contribution in [0.15, 0.2) is 60.7 Å². The van der Waals surface area contributed by atoms with E-state index in [2.05, 4.69) is 21.2 Å². The molecule has 1 saturated carbocycles. The third-order valence-corrected chi connectivity index (χ3v) is 11.2. The van der Waals surface area contributed by atoms with E-state index >= 15 is 0 Å². The molecule has 4 amide bonds. The van der Waals surface area contributed by atoms with E-state index in [1.54, 1.807) is 13.8 Å². The van der Waals surface area contributed by atoms with Gasteiger partial charge in [-0.2, -0.15) is 0 Å². The Labute approximate surface area is 265 Å². The van der Waals surface area contributed by atoms with Crippen molar-refractivity contribution in [3.8, 4) is 0 Å². The zero-order valence-corrected chi connectivity index (χ0v) is 26.8. The first-order valence-corrected chi connectivity index (χ1v) is 15.9. The normalized spacial score (nSPS) is 28.0. The van der Waals surface area contributed by atoms with Crippen molar-refractivity contribution in [3.63, 3.8) is 0 Å². The van der Waals surface area contributed by atoms with E-state index in [0.717, 1.165) is 28.7 Å². The van der Waals surface area contributed by atoms with Gasteiger partial charge in [0, 0.05) is 6.54 Å². The van der Waals surface area contributed by atoms with Crippen LogP contribution in [0.5, 0.6) is 0 Å². The number of ketones is 1. The summed E-state index contributed by atoms with van der Waals surface area (Å²) in [6.07, 6.45) is 1.88. The smallest absolute Gasteiger partial charge is 0.407 e. The molecule has 3 aliphatic rings. The predicted octanol–water partition coefficient (Wildman–Crippen LogP) is 4.88. The highest BCUT2D eigenvalue weighted by Gasteiger charge is 2.85. The van der Waals surface area contributed by atoms with Gasteiger partial charge >= 0.3 is 6.09 Å². The molecular formula is C34H38BrN3O6. The van der Waals surface area contributed by atoms with Crippen LogP contribution < -0.4 is 11.1 Å². The first-order chi connectivity index (χ1) is 20.9. The van der Waals surface area contributed by atoms with Gasteiger partial charge in [0.1, 0.15) is 10.4 Å². The number of halogens is 1. The predicted molar refractivity (Wildman–Crippen MR) is 169 cm³/mol. The van der Waals surface area contributed by atoms with Crippen molar-refractivity contribution in [3.05, 3.63) is 71.8 Å². The van der Waals surface area contributed by atoms with Crippen LogP contribution in [0.3, 0.4) is 0 Å². The fourth-order valence-electron chi connectivity index (χ4n) is 7.47. The van der Waals surface area contributed by atoms with Gasteiger partial charge in [0.15, 0.2) is 5.78 Å². The van der Waals surface area contributed by atoms with Crippen molar-refractivity contribution in [2.24, 2.45) is 22.5 Å². The zero-order chi connectivity index (χ0) is 31.9. The molecule has 1 saturated heterocycles. The number of likely N-dealkylation sites (tertiary alicyclic amines) is 1. The number of unbranched alkanes of at least 4 members (excludes halogenated alkanes) is 2. The summed E-state index contributed by atoms with van der Waals surface area (Å²) in [6, 6.07) is 18.2. The second-order valence-electron chi connectivity index (χ2n) is 12.2. The Kier molecular flexibility index (Phi) is 8.59. The highest BCUT2D eigenvalue weighted by atomic mass is 79.9. The highest BCUT2D eigenvalue weighted by molar-refractivity contribution is 9.10. The zero-order valence-electron chi connectivity index (χ0n) is 25.2. The number of benzene rings is 2. The minimum atomic E-state index is -1.45. The Morgan fingerprint density at radius 1 is 0.955 bits per heavy atom. The second-order valence-corrected chi connectivity index (χ2v) is 13.4. The number of nitrogens with zero attached hydrogens (tertiary/aromatic N) is 1. The van der Waals surface area contributed by atoms with E-state index < -0.39 is 50.9 Å². The number of primary amides is 1. The van der Waals surface area contributed by atoms with Gasteiger partial charge < -0.3 is 15.8 Å². The topological polar surface area (TPSA) is 136 Å². The van der Waals surface area contributed by atoms with Crippen LogP contribution in [0.2, 0.25) is 0 Å². The third kappa shape index (κ3) is 4.60. The van der Waals surface area contributed by atoms with E-state index in [1.807, 2.05) is 67.6 Å². The standard InChI is InChI=1S/C34H38BrN3O6/c1-4-5-20-44-31(43)37-23(27(36)39)18-12-13-19-38-28(40)26-32(2)24(21-14-8-6-9-15-21)25(22-16-10-7-11-17-22)33(3,29(32)41)34(26,35)30(38)42/h6-11,14-17,23,26H,4-5,12-13,18-20H2,1-3H3,(H2,36,39)(H,37,43). The number of allylic oxidation sites excluding steroid dienone is 2. The minimum Gasteiger partial charge on any atom is -0.450 e. The molecule has 2 aliphatic carbocycles. The van der Waals surface area contributed by atoms with Crippen molar-refractivity contribution >= 4 is 56.7 Å². The summed E-state index contributed by atoms with van der Waals surface area (Å²) < 4.78 is 3.62. The van der Waals surface area contributed by atoms with E-state index in [0.29, 0.717) is 19.3 Å². The maximum absolute atomic E-state index is 14.5. The maximum Gasteiger partial charge on any atom is 0.407 e. The van der Waals surface area contributed by atoms with Gasteiger partial charge in [0.25, 0.3) is 0 Å². The van der Waals surface area contributed by atoms with Crippen LogP contribution in [-0.2, 0) is 23.9 Å². The van der Waals surface area contributed by atoms with E-state index in [-0.39, 0.29) is 25.4 Å². The van der Waals surface area contributed by atoms with Gasteiger partial charge in [-0.1, -0.05) is 89.9 Å². The molecule has 10 heteroatoms. The largest absolute Gasteiger partial charge is 0.450 e. The number of nitrogens with two attached hydrogens (primary N) is 1. The second kappa shape index (κ2) is 12.0. The van der Waals surface area contributed by atoms with E-state index in [4.69, 9.17) is 10.5 Å². The molecule has 5 atom stereocenters. The molecule has 1 aliphatic heterocycles. The molecule has 232 valence electrons. The fraction of sp³-hybridized carbons (Fsp3) is 0.441. The molecule has 3 N–H and O–H groups in total. The molecule has 0 radical (unpaired) electrons. The fourth-order valence-corrected chi connectivity index (χ4v) is 8.71. The van der Waals surface area contributed by atoms with Gasteiger partial charge in [0.2, 0.25) is 17.7 Å². The number of hydrogen-bond acceptors (Lipinski definition) is 6. The van der Waals surface area contributed by atoms with Gasteiger partial charge in [-0.15, -0.1) is 0 Å². The van der Waals surface area contributed by atoms with Crippen LogP contribution in [0.1, 0.15) is 64.0 Å². The molecule has 2 fully saturated rings. The number of alkyl carbamates (subject to hydrolysis) is 1. The van der Waals surface area contributed by atoms with Gasteiger partial charge in [-0.05, 0) is 61.8 Å². The molecule has 44 heavy (non-hydrogen) atoms. The quantitative estimate of drug-likeness (QED) is 0.189. The molecule has 5 unspecified atom stereocenters. The van der Waals surface area contributed by atoms with Crippen LogP contribution in [0.4, 0.5) is 4.79 Å². The van der Waals surface area contributed by atoms with Crippen molar-refractivity contribution in [1.82, 2.24) is 10.2 Å². The molecule has 9 nitrogen and oxygen atoms in total. The number of Topliss-reactive ketones (excluding diaryl/α,β-unsaturated/α-hetero) is 1. The van der Waals surface area contributed by atoms with Crippen molar-refractivity contribution < 1.29 is 28.7 Å². The molecule has 2 aromatic carbocycles. The van der Waals surface area contributed by atoms with Crippen molar-refractivity contribution in [2.45, 2.75) is 63.2 Å². The summed E-state index contributed by atoms with van der Waals surface area (Å²) in [6.45, 7) is 5.92. The highest BCUT2D eigenvalue weighted by Crippen LogP contribution is 2.77. The van der Waals surface area contributed by atoms with E-state index in [1.165, 1.54) is 4.90 Å². The number of nitrogens with one attached hydrogen (secondary N) is 1. The Hall–Kier alpha value is -3.79. The Bertz CT molecular complexity index is 1530. The minimum absolute atomic E-state index is 0.107. The Morgan fingerprint density at radius 2 is 1.55 bits per heavy atom. The van der Waals surface area contributed by atoms with Crippen LogP contribution in [0.25, 0.3) is 11.1 Å². The number of alkyl halides is 1. The summed E-state index contributed by atoms with van der Waals surface area (Å²) in [4.78, 5) is 68.2. The summed E-state index contributed by atoms with van der Waals surface area (Å²) in [5.41, 5.74) is 6.16. The lowest BCUT2D eigenvalue weighted by atomic mass is 9.63. The van der Waals surface area contributed by atoms with Crippen LogP contribution >= 0.6 is 15.9 Å². The number of imide groups is 1. The van der Waals surface area contributed by atoms with Crippen LogP contribution in [-0.4, -0.2) is 58.0 Å². The molecule has 2 bridgehead atoms. The Morgan fingerprint density at radius 3 is 2.11 bits per heavy atom. The first kappa shape index (κ1) is 31.6. The molecule has 5 rings (SSSR count). The third-order valence-electron chi connectivity index (χ3n) is 9.58. The summed E-state index contributed by atoms with van der Waals surface area (Å²) in [5, 5.41) is 2.50. The number of ether oxygens (including phenoxy) is 1. The first-order valence-electron chi connectivity index (χ1n) is 15.1. The van der Waals surface area contributed by atoms with Gasteiger partial charge in [-0.3, -0.25) is 24.1 Å². The van der Waals surface area contributed by atoms with Gasteiger partial charge in [0.05, 0.1) is 23.4 Å². The summed E-state index contributed by atoms with van der Waals surface area (Å²) in [5.74, 6) is -2.59. The lowest BCUT2D eigenvalue weighted by molar-refractivity contribution is -0.144. The Balaban J connectivity index is 1.40. The molecule has 1 heterocycles. The van der Waals surface area contributed by atoms with Crippen molar-refractivity contribution in [2.75, 3.05) is 13.2 Å². The van der Waals surface area contributed by atoms with Crippen molar-refractivity contribution in [1.29, 1.82) is 0 Å². The van der Waals surface area contributed by atoms with Crippen LogP contribution in [0, 0.1) is 16.7 Å². The number of hydrogen-bond donors (Lipinski definition) is 2.